The third kappa shape index (κ3) is 3.54. The Hall–Kier alpha value is -1.17. The van der Waals surface area contributed by atoms with Crippen LogP contribution >= 0.6 is 0 Å². The van der Waals surface area contributed by atoms with Gasteiger partial charge in [0, 0.05) is 13.1 Å². The van der Waals surface area contributed by atoms with Crippen molar-refractivity contribution in [2.75, 3.05) is 24.6 Å². The summed E-state index contributed by atoms with van der Waals surface area (Å²) < 4.78 is 23.2. The van der Waals surface area contributed by atoms with E-state index >= 15 is 0 Å². The van der Waals surface area contributed by atoms with Crippen molar-refractivity contribution in [3.63, 3.8) is 0 Å². The molecule has 2 atom stereocenters. The Morgan fingerprint density at radius 1 is 1.10 bits per heavy atom. The predicted molar refractivity (Wildman–Crippen MR) is 83.7 cm³/mol. The van der Waals surface area contributed by atoms with E-state index in [9.17, 15) is 13.5 Å². The molecule has 21 heavy (non-hydrogen) atoms. The first-order valence-electron chi connectivity index (χ1n) is 7.40. The van der Waals surface area contributed by atoms with Gasteiger partial charge in [0.1, 0.15) is 0 Å². The molecule has 0 radical (unpaired) electrons. The molecule has 0 amide bonds. The number of benzene rings is 1. The van der Waals surface area contributed by atoms with Crippen molar-refractivity contribution in [3.05, 3.63) is 41.5 Å². The lowest BCUT2D eigenvalue weighted by Gasteiger charge is -2.34. The highest BCUT2D eigenvalue weighted by molar-refractivity contribution is 7.91. The molecule has 0 spiro atoms. The highest BCUT2D eigenvalue weighted by Gasteiger charge is 2.40. The lowest BCUT2D eigenvalue weighted by molar-refractivity contribution is 0.0781. The van der Waals surface area contributed by atoms with Crippen molar-refractivity contribution in [1.29, 1.82) is 0 Å². The lowest BCUT2D eigenvalue weighted by Crippen LogP contribution is -2.46. The third-order valence-corrected chi connectivity index (χ3v) is 6.07. The fourth-order valence-corrected chi connectivity index (χ4v) is 5.06. The van der Waals surface area contributed by atoms with Crippen LogP contribution in [0.3, 0.4) is 0 Å². The van der Waals surface area contributed by atoms with E-state index in [2.05, 4.69) is 23.1 Å². The summed E-state index contributed by atoms with van der Waals surface area (Å²) in [7, 11) is -3.06. The highest BCUT2D eigenvalue weighted by Crippen LogP contribution is 2.25. The molecule has 3 rings (SSSR count). The molecule has 114 valence electrons. The SMILES string of the molecule is O=S1(=O)C[C@H](O)[C@@H](N2CCC(=Cc3ccccc3)CC2)C1. The van der Waals surface area contributed by atoms with Crippen LogP contribution in [0.15, 0.2) is 35.9 Å². The molecule has 0 unspecified atom stereocenters. The molecule has 0 saturated carbocycles. The normalized spacial score (nSPS) is 29.5. The smallest absolute Gasteiger partial charge is 0.154 e. The van der Waals surface area contributed by atoms with E-state index in [0.717, 1.165) is 25.9 Å². The van der Waals surface area contributed by atoms with Crippen LogP contribution in [0.4, 0.5) is 0 Å². The maximum atomic E-state index is 11.6. The average molecular weight is 307 g/mol. The maximum Gasteiger partial charge on any atom is 0.154 e. The molecular formula is C16H21NO3S. The highest BCUT2D eigenvalue weighted by atomic mass is 32.2. The van der Waals surface area contributed by atoms with Crippen molar-refractivity contribution in [3.8, 4) is 0 Å². The predicted octanol–water partition coefficient (Wildman–Crippen LogP) is 1.32. The van der Waals surface area contributed by atoms with Crippen molar-refractivity contribution < 1.29 is 13.5 Å². The van der Waals surface area contributed by atoms with Gasteiger partial charge in [-0.15, -0.1) is 0 Å². The summed E-state index contributed by atoms with van der Waals surface area (Å²) in [4.78, 5) is 2.14. The van der Waals surface area contributed by atoms with Gasteiger partial charge in [0.05, 0.1) is 23.7 Å². The van der Waals surface area contributed by atoms with Gasteiger partial charge in [0.15, 0.2) is 9.84 Å². The zero-order valence-corrected chi connectivity index (χ0v) is 12.8. The van der Waals surface area contributed by atoms with Crippen LogP contribution in [-0.4, -0.2) is 55.2 Å². The molecule has 2 saturated heterocycles. The summed E-state index contributed by atoms with van der Waals surface area (Å²) in [6.45, 7) is 1.66. The summed E-state index contributed by atoms with van der Waals surface area (Å²) in [5.41, 5.74) is 2.61. The first-order valence-corrected chi connectivity index (χ1v) is 9.23. The van der Waals surface area contributed by atoms with Gasteiger partial charge in [0.2, 0.25) is 0 Å². The fraction of sp³-hybridized carbons (Fsp3) is 0.500. The number of sulfone groups is 1. The standard InChI is InChI=1S/C16H21NO3S/c18-16-12-21(19,20)11-15(16)17-8-6-14(7-9-17)10-13-4-2-1-3-5-13/h1-5,10,15-16,18H,6-9,11-12H2/t15-,16-/m0/s1. The molecule has 2 fully saturated rings. The molecule has 2 aliphatic rings. The number of aliphatic hydroxyl groups is 1. The minimum absolute atomic E-state index is 0.0825. The van der Waals surface area contributed by atoms with E-state index < -0.39 is 15.9 Å². The summed E-state index contributed by atoms with van der Waals surface area (Å²) in [6, 6.07) is 10.0. The second-order valence-electron chi connectivity index (χ2n) is 5.96. The van der Waals surface area contributed by atoms with E-state index in [1.54, 1.807) is 0 Å². The van der Waals surface area contributed by atoms with E-state index in [-0.39, 0.29) is 17.5 Å². The number of rotatable bonds is 2. The lowest BCUT2D eigenvalue weighted by atomic mass is 9.99. The van der Waals surface area contributed by atoms with Crippen LogP contribution in [0.5, 0.6) is 0 Å². The van der Waals surface area contributed by atoms with Gasteiger partial charge in [-0.05, 0) is 18.4 Å². The Morgan fingerprint density at radius 2 is 1.76 bits per heavy atom. The third-order valence-electron chi connectivity index (χ3n) is 4.37. The Kier molecular flexibility index (Phi) is 4.15. The van der Waals surface area contributed by atoms with Gasteiger partial charge in [0.25, 0.3) is 0 Å². The average Bonchev–Trinajstić information content (AvgIpc) is 2.74. The largest absolute Gasteiger partial charge is 0.390 e. The van der Waals surface area contributed by atoms with Gasteiger partial charge in [-0.3, -0.25) is 4.90 Å². The maximum absolute atomic E-state index is 11.6. The Balaban J connectivity index is 1.62. The van der Waals surface area contributed by atoms with Crippen molar-refractivity contribution in [2.45, 2.75) is 25.0 Å². The second-order valence-corrected chi connectivity index (χ2v) is 8.11. The number of likely N-dealkylation sites (tertiary alicyclic amines) is 1. The van der Waals surface area contributed by atoms with Crippen LogP contribution in [0, 0.1) is 0 Å². The van der Waals surface area contributed by atoms with Gasteiger partial charge < -0.3 is 5.11 Å². The Labute approximate surface area is 126 Å². The molecule has 0 aliphatic carbocycles. The number of hydrogen-bond acceptors (Lipinski definition) is 4. The summed E-state index contributed by atoms with van der Waals surface area (Å²) >= 11 is 0. The van der Waals surface area contributed by atoms with Gasteiger partial charge in [-0.2, -0.15) is 0 Å². The molecule has 5 heteroatoms. The van der Waals surface area contributed by atoms with Crippen LogP contribution in [-0.2, 0) is 9.84 Å². The van der Waals surface area contributed by atoms with E-state index in [1.165, 1.54) is 11.1 Å². The molecule has 2 heterocycles. The van der Waals surface area contributed by atoms with Crippen LogP contribution in [0.25, 0.3) is 6.08 Å². The van der Waals surface area contributed by atoms with Gasteiger partial charge in [-0.1, -0.05) is 42.0 Å². The van der Waals surface area contributed by atoms with Gasteiger partial charge in [-0.25, -0.2) is 8.42 Å². The van der Waals surface area contributed by atoms with Crippen molar-refractivity contribution in [1.82, 2.24) is 4.90 Å². The molecule has 1 aromatic rings. The molecule has 4 nitrogen and oxygen atoms in total. The number of hydrogen-bond donors (Lipinski definition) is 1. The van der Waals surface area contributed by atoms with E-state index in [0.29, 0.717) is 0 Å². The summed E-state index contributed by atoms with van der Waals surface area (Å²) in [5.74, 6) is 0.0206. The minimum Gasteiger partial charge on any atom is -0.390 e. The Morgan fingerprint density at radius 3 is 2.33 bits per heavy atom. The summed E-state index contributed by atoms with van der Waals surface area (Å²) in [6.07, 6.45) is 3.38. The van der Waals surface area contributed by atoms with Crippen LogP contribution in [0.2, 0.25) is 0 Å². The second kappa shape index (κ2) is 5.91. The fourth-order valence-electron chi connectivity index (χ4n) is 3.23. The Bertz CT molecular complexity index is 614. The van der Waals surface area contributed by atoms with Crippen LogP contribution < -0.4 is 0 Å². The molecule has 0 bridgehead atoms. The summed E-state index contributed by atoms with van der Waals surface area (Å²) in [5, 5.41) is 9.94. The van der Waals surface area contributed by atoms with Crippen molar-refractivity contribution >= 4 is 15.9 Å². The molecular weight excluding hydrogens is 286 g/mol. The first kappa shape index (κ1) is 14.8. The zero-order chi connectivity index (χ0) is 14.9. The number of nitrogens with zero attached hydrogens (tertiary/aromatic N) is 1. The zero-order valence-electron chi connectivity index (χ0n) is 12.0. The van der Waals surface area contributed by atoms with Crippen molar-refractivity contribution in [2.24, 2.45) is 0 Å². The first-order chi connectivity index (χ1) is 10.0. The van der Waals surface area contributed by atoms with E-state index in [1.807, 2.05) is 18.2 Å². The number of piperidine rings is 1. The quantitative estimate of drug-likeness (QED) is 0.895. The molecule has 0 aromatic heterocycles. The monoisotopic (exact) mass is 307 g/mol. The minimum atomic E-state index is -3.06. The van der Waals surface area contributed by atoms with Crippen LogP contribution in [0.1, 0.15) is 18.4 Å². The van der Waals surface area contributed by atoms with Gasteiger partial charge >= 0.3 is 0 Å². The van der Waals surface area contributed by atoms with E-state index in [4.69, 9.17) is 0 Å². The molecule has 1 N–H and O–H groups in total. The number of aliphatic hydroxyl groups excluding tert-OH is 1. The molecule has 2 aliphatic heterocycles. The topological polar surface area (TPSA) is 57.6 Å². The molecule has 1 aromatic carbocycles.